The van der Waals surface area contributed by atoms with Crippen LogP contribution in [0.3, 0.4) is 0 Å². The normalized spacial score (nSPS) is 17.1. The first-order valence-electron chi connectivity index (χ1n) is 10.2. The van der Waals surface area contributed by atoms with E-state index in [0.29, 0.717) is 37.4 Å². The second-order valence-corrected chi connectivity index (χ2v) is 7.64. The molecule has 2 aliphatic heterocycles. The van der Waals surface area contributed by atoms with Crippen LogP contribution in [0.4, 0.5) is 22.7 Å². The van der Waals surface area contributed by atoms with E-state index in [4.69, 9.17) is 4.74 Å². The summed E-state index contributed by atoms with van der Waals surface area (Å²) >= 11 is 0. The Kier molecular flexibility index (Phi) is 5.80. The van der Waals surface area contributed by atoms with Gasteiger partial charge in [0.2, 0.25) is 0 Å². The minimum Gasteiger partial charge on any atom is -0.378 e. The zero-order valence-electron chi connectivity index (χ0n) is 16.7. The van der Waals surface area contributed by atoms with Crippen molar-refractivity contribution in [3.05, 3.63) is 56.6 Å². The lowest BCUT2D eigenvalue weighted by atomic mass is 10.0. The van der Waals surface area contributed by atoms with Gasteiger partial charge in [-0.25, -0.2) is 0 Å². The standard InChI is InChI=1S/C21H24N4O5/c26-24(27)20-12-16(10-18(14-20)22-4-2-1-3-5-22)17-11-19(15-21(13-17)25(28)29)23-6-8-30-9-7-23/h10-15H,1-9H2. The van der Waals surface area contributed by atoms with E-state index in [9.17, 15) is 20.2 Å². The van der Waals surface area contributed by atoms with Crippen LogP contribution in [0.25, 0.3) is 11.1 Å². The first kappa shape index (κ1) is 20.1. The summed E-state index contributed by atoms with van der Waals surface area (Å²) in [4.78, 5) is 26.5. The molecule has 0 unspecified atom stereocenters. The van der Waals surface area contributed by atoms with Crippen LogP contribution in [-0.2, 0) is 4.74 Å². The number of non-ortho nitro benzene ring substituents is 2. The lowest BCUT2D eigenvalue weighted by Crippen LogP contribution is -2.36. The third-order valence-corrected chi connectivity index (χ3v) is 5.66. The van der Waals surface area contributed by atoms with E-state index in [0.717, 1.165) is 43.7 Å². The number of anilines is 2. The fraction of sp³-hybridized carbons (Fsp3) is 0.429. The number of piperidine rings is 1. The molecule has 9 heteroatoms. The maximum Gasteiger partial charge on any atom is 0.272 e. The molecule has 0 atom stereocenters. The van der Waals surface area contributed by atoms with Crippen molar-refractivity contribution in [3.63, 3.8) is 0 Å². The molecule has 2 fully saturated rings. The van der Waals surface area contributed by atoms with Gasteiger partial charge in [0.05, 0.1) is 23.1 Å². The molecule has 0 bridgehead atoms. The first-order valence-corrected chi connectivity index (χ1v) is 10.2. The van der Waals surface area contributed by atoms with Gasteiger partial charge in [0.25, 0.3) is 11.4 Å². The summed E-state index contributed by atoms with van der Waals surface area (Å²) in [6, 6.07) is 9.91. The van der Waals surface area contributed by atoms with E-state index in [1.807, 2.05) is 17.0 Å². The number of nitrogens with zero attached hydrogens (tertiary/aromatic N) is 4. The van der Waals surface area contributed by atoms with Gasteiger partial charge >= 0.3 is 0 Å². The summed E-state index contributed by atoms with van der Waals surface area (Å²) in [6.07, 6.45) is 3.26. The van der Waals surface area contributed by atoms with Gasteiger partial charge in [-0.15, -0.1) is 0 Å². The van der Waals surface area contributed by atoms with Crippen LogP contribution in [-0.4, -0.2) is 49.2 Å². The molecule has 2 heterocycles. The van der Waals surface area contributed by atoms with E-state index in [1.165, 1.54) is 12.1 Å². The molecule has 0 radical (unpaired) electrons. The predicted molar refractivity (Wildman–Crippen MR) is 114 cm³/mol. The highest BCUT2D eigenvalue weighted by atomic mass is 16.6. The third-order valence-electron chi connectivity index (χ3n) is 5.66. The van der Waals surface area contributed by atoms with Crippen molar-refractivity contribution < 1.29 is 14.6 Å². The highest BCUT2D eigenvalue weighted by Gasteiger charge is 2.21. The van der Waals surface area contributed by atoms with Crippen molar-refractivity contribution in [3.8, 4) is 11.1 Å². The molecule has 0 aromatic heterocycles. The summed E-state index contributed by atoms with van der Waals surface area (Å²) < 4.78 is 5.38. The van der Waals surface area contributed by atoms with E-state index in [-0.39, 0.29) is 11.4 Å². The summed E-state index contributed by atoms with van der Waals surface area (Å²) in [7, 11) is 0. The smallest absolute Gasteiger partial charge is 0.272 e. The molecule has 2 aromatic carbocycles. The number of ether oxygens (including phenoxy) is 1. The highest BCUT2D eigenvalue weighted by molar-refractivity contribution is 5.77. The first-order chi connectivity index (χ1) is 14.5. The summed E-state index contributed by atoms with van der Waals surface area (Å²) in [6.45, 7) is 4.13. The molecule has 158 valence electrons. The van der Waals surface area contributed by atoms with Gasteiger partial charge in [-0.3, -0.25) is 20.2 Å². The van der Waals surface area contributed by atoms with Gasteiger partial charge in [0, 0.05) is 61.8 Å². The molecule has 0 amide bonds. The topological polar surface area (TPSA) is 102 Å². The predicted octanol–water partition coefficient (Wildman–Crippen LogP) is 4.00. The van der Waals surface area contributed by atoms with E-state index < -0.39 is 9.85 Å². The minimum absolute atomic E-state index is 0.00694. The molecule has 0 N–H and O–H groups in total. The van der Waals surface area contributed by atoms with Crippen molar-refractivity contribution in [1.29, 1.82) is 0 Å². The maximum absolute atomic E-state index is 11.6. The van der Waals surface area contributed by atoms with Crippen LogP contribution in [0.5, 0.6) is 0 Å². The average molecular weight is 412 g/mol. The molecule has 2 saturated heterocycles. The van der Waals surface area contributed by atoms with Crippen molar-refractivity contribution in [2.45, 2.75) is 19.3 Å². The van der Waals surface area contributed by atoms with Crippen LogP contribution in [0.1, 0.15) is 19.3 Å². The second-order valence-electron chi connectivity index (χ2n) is 7.64. The SMILES string of the molecule is O=[N+]([O-])c1cc(-c2cc(N3CCOCC3)cc([N+](=O)[O-])c2)cc(N2CCCCC2)c1. The molecule has 4 rings (SSSR count). The van der Waals surface area contributed by atoms with Crippen LogP contribution in [0.15, 0.2) is 36.4 Å². The minimum atomic E-state index is -0.420. The highest BCUT2D eigenvalue weighted by Crippen LogP contribution is 2.35. The summed E-state index contributed by atoms with van der Waals surface area (Å²) in [5, 5.41) is 23.1. The van der Waals surface area contributed by atoms with Crippen molar-refractivity contribution in [1.82, 2.24) is 0 Å². The van der Waals surface area contributed by atoms with Gasteiger partial charge in [0.1, 0.15) is 0 Å². The number of benzene rings is 2. The fourth-order valence-corrected chi connectivity index (χ4v) is 4.07. The van der Waals surface area contributed by atoms with Gasteiger partial charge < -0.3 is 14.5 Å². The molecule has 0 saturated carbocycles. The van der Waals surface area contributed by atoms with Gasteiger partial charge in [-0.05, 0) is 42.5 Å². The average Bonchev–Trinajstić information content (AvgIpc) is 2.79. The second kappa shape index (κ2) is 8.66. The van der Waals surface area contributed by atoms with Gasteiger partial charge in [-0.2, -0.15) is 0 Å². The summed E-state index contributed by atoms with van der Waals surface area (Å²) in [5.74, 6) is 0. The summed E-state index contributed by atoms with van der Waals surface area (Å²) in [5.41, 5.74) is 2.70. The van der Waals surface area contributed by atoms with Crippen LogP contribution in [0.2, 0.25) is 0 Å². The Bertz CT molecular complexity index is 875. The Balaban J connectivity index is 1.79. The Hall–Kier alpha value is -3.20. The Labute approximate surface area is 174 Å². The lowest BCUT2D eigenvalue weighted by molar-refractivity contribution is -0.385. The molecule has 0 spiro atoms. The molecule has 9 nitrogen and oxygen atoms in total. The number of nitro benzene ring substituents is 2. The van der Waals surface area contributed by atoms with E-state index >= 15 is 0 Å². The van der Waals surface area contributed by atoms with Crippen molar-refractivity contribution in [2.24, 2.45) is 0 Å². The Morgan fingerprint density at radius 3 is 1.60 bits per heavy atom. The van der Waals surface area contributed by atoms with Crippen LogP contribution < -0.4 is 9.80 Å². The quantitative estimate of drug-likeness (QED) is 0.540. The largest absolute Gasteiger partial charge is 0.378 e. The molecule has 2 aromatic rings. The van der Waals surface area contributed by atoms with Crippen LogP contribution in [0, 0.1) is 20.2 Å². The van der Waals surface area contributed by atoms with Gasteiger partial charge in [0.15, 0.2) is 0 Å². The monoisotopic (exact) mass is 412 g/mol. The molecule has 2 aliphatic rings. The molecular weight excluding hydrogens is 388 g/mol. The van der Waals surface area contributed by atoms with E-state index in [1.54, 1.807) is 12.1 Å². The van der Waals surface area contributed by atoms with E-state index in [2.05, 4.69) is 4.90 Å². The number of hydrogen-bond acceptors (Lipinski definition) is 7. The number of hydrogen-bond donors (Lipinski definition) is 0. The number of nitro groups is 2. The van der Waals surface area contributed by atoms with Crippen molar-refractivity contribution in [2.75, 3.05) is 49.2 Å². The number of morpholine rings is 1. The van der Waals surface area contributed by atoms with Crippen LogP contribution >= 0.6 is 0 Å². The maximum atomic E-state index is 11.6. The molecule has 0 aliphatic carbocycles. The zero-order chi connectivity index (χ0) is 21.1. The molecule has 30 heavy (non-hydrogen) atoms. The number of rotatable bonds is 5. The van der Waals surface area contributed by atoms with Crippen molar-refractivity contribution >= 4 is 22.7 Å². The Morgan fingerprint density at radius 2 is 1.13 bits per heavy atom. The zero-order valence-corrected chi connectivity index (χ0v) is 16.7. The van der Waals surface area contributed by atoms with Gasteiger partial charge in [-0.1, -0.05) is 0 Å². The third kappa shape index (κ3) is 4.35. The molecular formula is C21H24N4O5. The Morgan fingerprint density at radius 1 is 0.667 bits per heavy atom. The lowest BCUT2D eigenvalue weighted by Gasteiger charge is -2.30. The fourth-order valence-electron chi connectivity index (χ4n) is 4.07.